The van der Waals surface area contributed by atoms with Gasteiger partial charge in [-0.2, -0.15) is 4.98 Å². The number of amides is 1. The van der Waals surface area contributed by atoms with E-state index in [0.29, 0.717) is 31.1 Å². The van der Waals surface area contributed by atoms with Crippen molar-refractivity contribution in [1.29, 1.82) is 0 Å². The summed E-state index contributed by atoms with van der Waals surface area (Å²) < 4.78 is 45.5. The fourth-order valence-electron chi connectivity index (χ4n) is 2.56. The molecule has 30 heavy (non-hydrogen) atoms. The Bertz CT molecular complexity index is 1150. The van der Waals surface area contributed by atoms with E-state index in [1.54, 1.807) is 6.92 Å². The monoisotopic (exact) mass is 452 g/mol. The van der Waals surface area contributed by atoms with Gasteiger partial charge in [-0.3, -0.25) is 9.52 Å². The van der Waals surface area contributed by atoms with Gasteiger partial charge in [0, 0.05) is 18.7 Å². The van der Waals surface area contributed by atoms with Crippen molar-refractivity contribution >= 4 is 33.2 Å². The van der Waals surface area contributed by atoms with Crippen molar-refractivity contribution in [3.05, 3.63) is 70.6 Å². The number of aromatic nitrogens is 2. The molecule has 0 fully saturated rings. The van der Waals surface area contributed by atoms with Crippen LogP contribution in [0, 0.1) is 12.7 Å². The number of nitrogens with one attached hydrogen (secondary N) is 2. The summed E-state index contributed by atoms with van der Waals surface area (Å²) in [6.45, 7) is 2.02. The molecule has 0 unspecified atom stereocenters. The molecule has 1 aromatic heterocycles. The lowest BCUT2D eigenvalue weighted by molar-refractivity contribution is 0.0953. The largest absolute Gasteiger partial charge is 0.352 e. The first-order valence-corrected chi connectivity index (χ1v) is 10.8. The van der Waals surface area contributed by atoms with E-state index in [4.69, 9.17) is 16.1 Å². The van der Waals surface area contributed by atoms with Crippen molar-refractivity contribution in [3.8, 4) is 0 Å². The third-order valence-electron chi connectivity index (χ3n) is 4.01. The number of carbonyl (C=O) groups is 1. The van der Waals surface area contributed by atoms with E-state index in [2.05, 4.69) is 20.2 Å². The maximum atomic E-state index is 13.0. The summed E-state index contributed by atoms with van der Waals surface area (Å²) in [5, 5.41) is 6.48. The first-order valence-electron chi connectivity index (χ1n) is 8.90. The molecule has 0 aliphatic carbocycles. The van der Waals surface area contributed by atoms with Crippen LogP contribution in [-0.4, -0.2) is 31.0 Å². The molecule has 1 amide bonds. The van der Waals surface area contributed by atoms with Gasteiger partial charge in [-0.15, -0.1) is 0 Å². The molecule has 2 aromatic carbocycles. The summed E-state index contributed by atoms with van der Waals surface area (Å²) in [7, 11) is -4.00. The van der Waals surface area contributed by atoms with E-state index < -0.39 is 21.7 Å². The molecule has 11 heteroatoms. The number of benzene rings is 2. The van der Waals surface area contributed by atoms with Crippen LogP contribution in [0.15, 0.2) is 51.9 Å². The third-order valence-corrected chi connectivity index (χ3v) is 5.72. The van der Waals surface area contributed by atoms with Crippen LogP contribution in [-0.2, 0) is 16.4 Å². The van der Waals surface area contributed by atoms with Crippen molar-refractivity contribution in [1.82, 2.24) is 15.5 Å². The number of anilines is 1. The molecule has 0 bridgehead atoms. The fraction of sp³-hybridized carbons (Fsp3) is 0.211. The Morgan fingerprint density at radius 2 is 1.93 bits per heavy atom. The molecular weight excluding hydrogens is 435 g/mol. The fourth-order valence-corrected chi connectivity index (χ4v) is 3.84. The van der Waals surface area contributed by atoms with E-state index in [0.717, 1.165) is 12.1 Å². The van der Waals surface area contributed by atoms with Gasteiger partial charge >= 0.3 is 0 Å². The minimum atomic E-state index is -4.00. The average Bonchev–Trinajstić information content (AvgIpc) is 3.12. The molecule has 1 heterocycles. The van der Waals surface area contributed by atoms with E-state index in [1.165, 1.54) is 30.3 Å². The Hall–Kier alpha value is -2.98. The minimum Gasteiger partial charge on any atom is -0.352 e. The van der Waals surface area contributed by atoms with Crippen LogP contribution < -0.4 is 10.0 Å². The van der Waals surface area contributed by atoms with E-state index >= 15 is 0 Å². The first-order chi connectivity index (χ1) is 14.2. The summed E-state index contributed by atoms with van der Waals surface area (Å²) >= 11 is 6.08. The number of halogens is 2. The molecular formula is C19H18ClFN4O4S. The molecule has 3 aromatic rings. The molecule has 8 nitrogen and oxygen atoms in total. The second-order valence-electron chi connectivity index (χ2n) is 6.35. The number of carbonyl (C=O) groups excluding carboxylic acids is 1. The van der Waals surface area contributed by atoms with Crippen molar-refractivity contribution in [2.24, 2.45) is 0 Å². The van der Waals surface area contributed by atoms with Gasteiger partial charge < -0.3 is 9.84 Å². The van der Waals surface area contributed by atoms with Crippen molar-refractivity contribution in [2.75, 3.05) is 11.3 Å². The lowest BCUT2D eigenvalue weighted by Gasteiger charge is -2.11. The van der Waals surface area contributed by atoms with Crippen molar-refractivity contribution < 1.29 is 22.1 Å². The SMILES string of the molecule is Cc1noc(CCCNC(=O)c2cc(S(=O)(=O)Nc3ccc(F)cc3)ccc2Cl)n1. The molecule has 158 valence electrons. The van der Waals surface area contributed by atoms with E-state index in [9.17, 15) is 17.6 Å². The zero-order valence-corrected chi connectivity index (χ0v) is 17.4. The average molecular weight is 453 g/mol. The van der Waals surface area contributed by atoms with Crippen LogP contribution in [0.2, 0.25) is 5.02 Å². The Balaban J connectivity index is 1.65. The predicted molar refractivity (Wildman–Crippen MR) is 108 cm³/mol. The maximum absolute atomic E-state index is 13.0. The second kappa shape index (κ2) is 9.23. The lowest BCUT2D eigenvalue weighted by Crippen LogP contribution is -2.25. The highest BCUT2D eigenvalue weighted by atomic mass is 35.5. The van der Waals surface area contributed by atoms with Crippen LogP contribution in [0.3, 0.4) is 0 Å². The van der Waals surface area contributed by atoms with E-state index in [1.807, 2.05) is 0 Å². The zero-order chi connectivity index (χ0) is 21.7. The number of hydrogen-bond acceptors (Lipinski definition) is 6. The Labute approximate surface area is 177 Å². The number of sulfonamides is 1. The lowest BCUT2D eigenvalue weighted by atomic mass is 10.2. The molecule has 3 rings (SSSR count). The summed E-state index contributed by atoms with van der Waals surface area (Å²) in [4.78, 5) is 16.4. The Kier molecular flexibility index (Phi) is 6.68. The van der Waals surface area contributed by atoms with Crippen LogP contribution in [0.5, 0.6) is 0 Å². The molecule has 0 aliphatic heterocycles. The highest BCUT2D eigenvalue weighted by Crippen LogP contribution is 2.23. The van der Waals surface area contributed by atoms with Gasteiger partial charge in [0.1, 0.15) is 5.82 Å². The molecule has 2 N–H and O–H groups in total. The molecule has 0 saturated carbocycles. The first kappa shape index (κ1) is 21.7. The standard InChI is InChI=1S/C19H18ClFN4O4S/c1-12-23-18(29-24-12)3-2-10-22-19(26)16-11-15(8-9-17(16)20)30(27,28)25-14-6-4-13(21)5-7-14/h4-9,11,25H,2-3,10H2,1H3,(H,22,26). The van der Waals surface area contributed by atoms with E-state index in [-0.39, 0.29) is 21.2 Å². The summed E-state index contributed by atoms with van der Waals surface area (Å²) in [5.41, 5.74) is 0.209. The van der Waals surface area contributed by atoms with Gasteiger partial charge in [0.15, 0.2) is 5.82 Å². The number of aryl methyl sites for hydroxylation is 2. The molecule has 0 radical (unpaired) electrons. The van der Waals surface area contributed by atoms with Gasteiger partial charge in [-0.05, 0) is 55.8 Å². The molecule has 0 saturated heterocycles. The van der Waals surface area contributed by atoms with Gasteiger partial charge in [-0.25, -0.2) is 12.8 Å². The highest BCUT2D eigenvalue weighted by Gasteiger charge is 2.19. The molecule has 0 aliphatic rings. The van der Waals surface area contributed by atoms with Crippen molar-refractivity contribution in [3.63, 3.8) is 0 Å². The smallest absolute Gasteiger partial charge is 0.261 e. The van der Waals surface area contributed by atoms with Crippen LogP contribution in [0.25, 0.3) is 0 Å². The van der Waals surface area contributed by atoms with Crippen LogP contribution in [0.4, 0.5) is 10.1 Å². The topological polar surface area (TPSA) is 114 Å². The minimum absolute atomic E-state index is 0.0206. The highest BCUT2D eigenvalue weighted by molar-refractivity contribution is 7.92. The summed E-state index contributed by atoms with van der Waals surface area (Å²) in [5.74, 6) is 0.00555. The van der Waals surface area contributed by atoms with Crippen LogP contribution >= 0.6 is 11.6 Å². The number of nitrogens with zero attached hydrogens (tertiary/aromatic N) is 2. The van der Waals surface area contributed by atoms with Crippen molar-refractivity contribution in [2.45, 2.75) is 24.7 Å². The second-order valence-corrected chi connectivity index (χ2v) is 8.44. The number of hydrogen-bond donors (Lipinski definition) is 2. The van der Waals surface area contributed by atoms with Gasteiger partial charge in [0.2, 0.25) is 5.89 Å². The molecule has 0 spiro atoms. The van der Waals surface area contributed by atoms with Crippen LogP contribution in [0.1, 0.15) is 28.5 Å². The third kappa shape index (κ3) is 5.55. The zero-order valence-electron chi connectivity index (χ0n) is 15.9. The normalized spacial score (nSPS) is 11.3. The quantitative estimate of drug-likeness (QED) is 0.507. The summed E-state index contributed by atoms with van der Waals surface area (Å²) in [6, 6.07) is 8.65. The van der Waals surface area contributed by atoms with Gasteiger partial charge in [0.25, 0.3) is 15.9 Å². The summed E-state index contributed by atoms with van der Waals surface area (Å²) in [6.07, 6.45) is 1.04. The Morgan fingerprint density at radius 3 is 2.60 bits per heavy atom. The van der Waals surface area contributed by atoms with Gasteiger partial charge in [-0.1, -0.05) is 16.8 Å². The Morgan fingerprint density at radius 1 is 1.20 bits per heavy atom. The molecule has 0 atom stereocenters. The number of rotatable bonds is 8. The maximum Gasteiger partial charge on any atom is 0.261 e. The van der Waals surface area contributed by atoms with Gasteiger partial charge in [0.05, 0.1) is 15.5 Å². The predicted octanol–water partition coefficient (Wildman–Crippen LogP) is 3.33.